The molecule has 0 N–H and O–H groups in total. The molecule has 0 fully saturated rings. The minimum absolute atomic E-state index is 1.05. The standard InChI is InChI=1S/C14H19N/c1-4-11-7-13-9-15(6-3)10-14(13)8-12(11)5-2/h7-10H,4-6H2,1-3H3. The number of hydrogen-bond acceptors (Lipinski definition) is 0. The highest BCUT2D eigenvalue weighted by Gasteiger charge is 2.03. The van der Waals surface area contributed by atoms with Gasteiger partial charge in [-0.3, -0.25) is 0 Å². The van der Waals surface area contributed by atoms with Crippen LogP contribution in [0.3, 0.4) is 0 Å². The maximum absolute atomic E-state index is 2.35. The van der Waals surface area contributed by atoms with Crippen LogP contribution in [0.2, 0.25) is 0 Å². The van der Waals surface area contributed by atoms with Crippen LogP contribution in [0.1, 0.15) is 31.9 Å². The quantitative estimate of drug-likeness (QED) is 0.712. The lowest BCUT2D eigenvalue weighted by molar-refractivity contribution is 0.773. The molecule has 0 aliphatic carbocycles. The van der Waals surface area contributed by atoms with Crippen LogP contribution in [0.5, 0.6) is 0 Å². The molecule has 1 nitrogen and oxygen atoms in total. The number of aryl methyl sites for hydroxylation is 3. The number of nitrogens with zero attached hydrogens (tertiary/aromatic N) is 1. The fourth-order valence-electron chi connectivity index (χ4n) is 2.19. The molecule has 2 aromatic rings. The Morgan fingerprint density at radius 1 is 0.867 bits per heavy atom. The first-order valence-corrected chi connectivity index (χ1v) is 5.89. The second-order valence-electron chi connectivity index (χ2n) is 4.05. The van der Waals surface area contributed by atoms with E-state index in [1.54, 1.807) is 0 Å². The molecule has 0 atom stereocenters. The number of aromatic nitrogens is 1. The van der Waals surface area contributed by atoms with Gasteiger partial charge in [-0.1, -0.05) is 13.8 Å². The monoisotopic (exact) mass is 201 g/mol. The van der Waals surface area contributed by atoms with Crippen molar-refractivity contribution in [3.05, 3.63) is 35.7 Å². The molecule has 15 heavy (non-hydrogen) atoms. The van der Waals surface area contributed by atoms with Crippen molar-refractivity contribution in [2.75, 3.05) is 0 Å². The van der Waals surface area contributed by atoms with Crippen LogP contribution in [-0.2, 0) is 19.4 Å². The first-order valence-electron chi connectivity index (χ1n) is 5.89. The third-order valence-corrected chi connectivity index (χ3v) is 3.14. The Labute approximate surface area is 91.7 Å². The van der Waals surface area contributed by atoms with E-state index >= 15 is 0 Å². The molecule has 0 saturated carbocycles. The Hall–Kier alpha value is -1.24. The summed E-state index contributed by atoms with van der Waals surface area (Å²) in [6.45, 7) is 7.70. The van der Waals surface area contributed by atoms with Gasteiger partial charge < -0.3 is 4.57 Å². The van der Waals surface area contributed by atoms with Crippen LogP contribution >= 0.6 is 0 Å². The van der Waals surface area contributed by atoms with Crippen molar-refractivity contribution in [3.63, 3.8) is 0 Å². The van der Waals surface area contributed by atoms with Crippen molar-refractivity contribution in [3.8, 4) is 0 Å². The molecule has 0 amide bonds. The van der Waals surface area contributed by atoms with E-state index in [4.69, 9.17) is 0 Å². The highest BCUT2D eigenvalue weighted by Crippen LogP contribution is 2.22. The SMILES string of the molecule is CCc1cc2cn(CC)cc2cc1CC. The van der Waals surface area contributed by atoms with Gasteiger partial charge >= 0.3 is 0 Å². The zero-order valence-corrected chi connectivity index (χ0v) is 9.88. The Balaban J connectivity index is 2.61. The van der Waals surface area contributed by atoms with Gasteiger partial charge in [-0.05, 0) is 53.8 Å². The van der Waals surface area contributed by atoms with E-state index < -0.39 is 0 Å². The molecule has 80 valence electrons. The molecule has 1 aromatic carbocycles. The summed E-state index contributed by atoms with van der Waals surface area (Å²) in [6.07, 6.45) is 6.76. The normalized spacial score (nSPS) is 11.1. The summed E-state index contributed by atoms with van der Waals surface area (Å²) in [5, 5.41) is 2.76. The van der Waals surface area contributed by atoms with Gasteiger partial charge in [0.25, 0.3) is 0 Å². The summed E-state index contributed by atoms with van der Waals surface area (Å²) >= 11 is 0. The van der Waals surface area contributed by atoms with Crippen LogP contribution in [0, 0.1) is 0 Å². The van der Waals surface area contributed by atoms with Crippen molar-refractivity contribution < 1.29 is 0 Å². The largest absolute Gasteiger partial charge is 0.353 e. The molecular formula is C14H19N. The van der Waals surface area contributed by atoms with Gasteiger partial charge in [0.1, 0.15) is 0 Å². The third kappa shape index (κ3) is 1.79. The van der Waals surface area contributed by atoms with Crippen LogP contribution in [0.4, 0.5) is 0 Å². The van der Waals surface area contributed by atoms with E-state index in [0.717, 1.165) is 19.4 Å². The van der Waals surface area contributed by atoms with Crippen molar-refractivity contribution >= 4 is 10.8 Å². The van der Waals surface area contributed by atoms with Crippen molar-refractivity contribution in [2.45, 2.75) is 40.2 Å². The summed E-state index contributed by atoms with van der Waals surface area (Å²) in [5.41, 5.74) is 3.00. The van der Waals surface area contributed by atoms with Gasteiger partial charge in [0.15, 0.2) is 0 Å². The first kappa shape index (κ1) is 10.3. The fourth-order valence-corrected chi connectivity index (χ4v) is 2.19. The van der Waals surface area contributed by atoms with Gasteiger partial charge in [0, 0.05) is 18.9 Å². The number of fused-ring (bicyclic) bond motifs is 1. The molecule has 0 unspecified atom stereocenters. The predicted molar refractivity (Wildman–Crippen MR) is 66.4 cm³/mol. The number of hydrogen-bond donors (Lipinski definition) is 0. The topological polar surface area (TPSA) is 4.93 Å². The maximum Gasteiger partial charge on any atom is 0.0191 e. The number of benzene rings is 1. The molecule has 1 heterocycles. The molecule has 1 aromatic heterocycles. The second-order valence-corrected chi connectivity index (χ2v) is 4.05. The summed E-state index contributed by atoms with van der Waals surface area (Å²) in [5.74, 6) is 0. The molecule has 0 aliphatic rings. The predicted octanol–water partition coefficient (Wildman–Crippen LogP) is 3.79. The van der Waals surface area contributed by atoms with Gasteiger partial charge in [0.2, 0.25) is 0 Å². The van der Waals surface area contributed by atoms with Crippen molar-refractivity contribution in [1.29, 1.82) is 0 Å². The van der Waals surface area contributed by atoms with E-state index in [2.05, 4.69) is 49.9 Å². The molecule has 0 aliphatic heterocycles. The molecular weight excluding hydrogens is 182 g/mol. The first-order chi connectivity index (χ1) is 7.28. The molecule has 2 rings (SSSR count). The van der Waals surface area contributed by atoms with Crippen molar-refractivity contribution in [1.82, 2.24) is 4.57 Å². The van der Waals surface area contributed by atoms with Crippen LogP contribution < -0.4 is 0 Å². The summed E-state index contributed by atoms with van der Waals surface area (Å²) < 4.78 is 2.25. The van der Waals surface area contributed by atoms with Gasteiger partial charge in [0.05, 0.1) is 0 Å². The minimum Gasteiger partial charge on any atom is -0.353 e. The van der Waals surface area contributed by atoms with E-state index in [0.29, 0.717) is 0 Å². The lowest BCUT2D eigenvalue weighted by Gasteiger charge is -2.05. The van der Waals surface area contributed by atoms with Gasteiger partial charge in [-0.25, -0.2) is 0 Å². The van der Waals surface area contributed by atoms with E-state index in [-0.39, 0.29) is 0 Å². The lowest BCUT2D eigenvalue weighted by atomic mass is 10.00. The molecule has 0 bridgehead atoms. The Morgan fingerprint density at radius 2 is 1.33 bits per heavy atom. The van der Waals surface area contributed by atoms with Crippen molar-refractivity contribution in [2.24, 2.45) is 0 Å². The highest BCUT2D eigenvalue weighted by atomic mass is 14.9. The Morgan fingerprint density at radius 3 is 1.67 bits per heavy atom. The van der Waals surface area contributed by atoms with Crippen LogP contribution in [0.15, 0.2) is 24.5 Å². The van der Waals surface area contributed by atoms with Gasteiger partial charge in [-0.15, -0.1) is 0 Å². The zero-order chi connectivity index (χ0) is 10.8. The average molecular weight is 201 g/mol. The molecule has 1 heteroatoms. The minimum atomic E-state index is 1.05. The molecule has 0 spiro atoms. The van der Waals surface area contributed by atoms with E-state index in [1.807, 2.05) is 0 Å². The molecule has 0 radical (unpaired) electrons. The fraction of sp³-hybridized carbons (Fsp3) is 0.429. The maximum atomic E-state index is 2.35. The average Bonchev–Trinajstić information content (AvgIpc) is 2.68. The van der Waals surface area contributed by atoms with Crippen LogP contribution in [-0.4, -0.2) is 4.57 Å². The summed E-state index contributed by atoms with van der Waals surface area (Å²) in [7, 11) is 0. The second kappa shape index (κ2) is 4.09. The number of rotatable bonds is 3. The Bertz CT molecular complexity index is 424. The van der Waals surface area contributed by atoms with Gasteiger partial charge in [-0.2, -0.15) is 0 Å². The third-order valence-electron chi connectivity index (χ3n) is 3.14. The summed E-state index contributed by atoms with van der Waals surface area (Å²) in [6, 6.07) is 4.70. The van der Waals surface area contributed by atoms with E-state index in [1.165, 1.54) is 21.9 Å². The molecule has 0 saturated heterocycles. The summed E-state index contributed by atoms with van der Waals surface area (Å²) in [4.78, 5) is 0. The van der Waals surface area contributed by atoms with E-state index in [9.17, 15) is 0 Å². The van der Waals surface area contributed by atoms with Crippen LogP contribution in [0.25, 0.3) is 10.8 Å². The zero-order valence-electron chi connectivity index (χ0n) is 9.88. The highest BCUT2D eigenvalue weighted by molar-refractivity contribution is 5.84. The lowest BCUT2D eigenvalue weighted by Crippen LogP contribution is -1.89. The smallest absolute Gasteiger partial charge is 0.0191 e. The Kier molecular flexibility index (Phi) is 2.81.